The van der Waals surface area contributed by atoms with Gasteiger partial charge in [-0.25, -0.2) is 0 Å². The number of hydrogen-bond donors (Lipinski definition) is 1. The van der Waals surface area contributed by atoms with Crippen LogP contribution in [0.5, 0.6) is 5.75 Å². The first kappa shape index (κ1) is 22.9. The fourth-order valence-corrected chi connectivity index (χ4v) is 2.78. The van der Waals surface area contributed by atoms with E-state index < -0.39 is 0 Å². The molecule has 1 heterocycles. The zero-order chi connectivity index (χ0) is 21.1. The number of phenolic OH excluding ortho intramolecular Hbond substituents is 1. The van der Waals surface area contributed by atoms with Gasteiger partial charge in [0.1, 0.15) is 18.1 Å². The quantitative estimate of drug-likeness (QED) is 0.609. The molecule has 0 radical (unpaired) electrons. The van der Waals surface area contributed by atoms with Crippen LogP contribution in [0.15, 0.2) is 42.5 Å². The summed E-state index contributed by atoms with van der Waals surface area (Å²) < 4.78 is 0. The molecule has 0 bridgehead atoms. The average Bonchev–Trinajstić information content (AvgIpc) is 3.16. The van der Waals surface area contributed by atoms with Gasteiger partial charge in [0.15, 0.2) is 5.78 Å². The van der Waals surface area contributed by atoms with Gasteiger partial charge in [-0.2, -0.15) is 5.26 Å². The van der Waals surface area contributed by atoms with E-state index >= 15 is 0 Å². The van der Waals surface area contributed by atoms with Crippen LogP contribution in [0.2, 0.25) is 0 Å². The van der Waals surface area contributed by atoms with Gasteiger partial charge in [0.25, 0.3) is 0 Å². The van der Waals surface area contributed by atoms with Gasteiger partial charge in [0, 0.05) is 36.0 Å². The first-order chi connectivity index (χ1) is 13.4. The van der Waals surface area contributed by atoms with Gasteiger partial charge < -0.3 is 10.0 Å². The normalized spacial score (nSPS) is 14.7. The third-order valence-electron chi connectivity index (χ3n) is 4.34. The number of nitrogens with zero attached hydrogens (tertiary/aromatic N) is 2. The lowest BCUT2D eigenvalue weighted by molar-refractivity contribution is 0.101. The highest BCUT2D eigenvalue weighted by molar-refractivity contribution is 5.94. The Kier molecular flexibility index (Phi) is 9.45. The Morgan fingerprint density at radius 3 is 2.29 bits per heavy atom. The second-order valence-electron chi connectivity index (χ2n) is 6.45. The van der Waals surface area contributed by atoms with E-state index in [-0.39, 0.29) is 11.5 Å². The number of carbonyl (C=O) groups is 2. The molecule has 1 atom stereocenters. The van der Waals surface area contributed by atoms with Crippen molar-refractivity contribution in [3.8, 4) is 11.8 Å². The lowest BCUT2D eigenvalue weighted by Crippen LogP contribution is -2.18. The molecule has 1 aliphatic heterocycles. The molecular formula is C23H28N2O3. The number of benzene rings is 2. The molecule has 2 aromatic carbocycles. The molecule has 148 valence electrons. The van der Waals surface area contributed by atoms with Crippen LogP contribution < -0.4 is 4.90 Å². The van der Waals surface area contributed by atoms with Crippen LogP contribution in [0.1, 0.15) is 60.4 Å². The molecule has 2 aromatic rings. The molecule has 1 fully saturated rings. The first-order valence-electron chi connectivity index (χ1n) is 9.49. The molecule has 5 heteroatoms. The van der Waals surface area contributed by atoms with E-state index in [1.54, 1.807) is 36.4 Å². The van der Waals surface area contributed by atoms with E-state index in [0.717, 1.165) is 25.1 Å². The van der Waals surface area contributed by atoms with Crippen LogP contribution in [0.25, 0.3) is 0 Å². The molecular weight excluding hydrogens is 352 g/mol. The van der Waals surface area contributed by atoms with Gasteiger partial charge in [-0.1, -0.05) is 45.0 Å². The van der Waals surface area contributed by atoms with Crippen molar-refractivity contribution in [2.75, 3.05) is 18.0 Å². The smallest absolute Gasteiger partial charge is 0.159 e. The molecule has 0 saturated carbocycles. The SMILES string of the molecule is CC.CC(=O)c1ccc(C=O)cc1.C[C@@H]1CCN(c2ccc(C#N)c(O)c2)C1. The Labute approximate surface area is 167 Å². The van der Waals surface area contributed by atoms with E-state index in [4.69, 9.17) is 5.26 Å². The van der Waals surface area contributed by atoms with Gasteiger partial charge >= 0.3 is 0 Å². The van der Waals surface area contributed by atoms with Gasteiger partial charge in [0.05, 0.1) is 5.56 Å². The molecule has 28 heavy (non-hydrogen) atoms. The fraction of sp³-hybridized carbons (Fsp3) is 0.348. The maximum Gasteiger partial charge on any atom is 0.159 e. The summed E-state index contributed by atoms with van der Waals surface area (Å²) in [6.45, 7) is 9.79. The van der Waals surface area contributed by atoms with E-state index in [9.17, 15) is 14.7 Å². The first-order valence-corrected chi connectivity index (χ1v) is 9.49. The van der Waals surface area contributed by atoms with Gasteiger partial charge in [-0.05, 0) is 31.4 Å². The van der Waals surface area contributed by atoms with Gasteiger partial charge in [-0.3, -0.25) is 9.59 Å². The summed E-state index contributed by atoms with van der Waals surface area (Å²) in [6.07, 6.45) is 1.95. The number of phenols is 1. The summed E-state index contributed by atoms with van der Waals surface area (Å²) in [6, 6.07) is 13.8. The molecule has 0 unspecified atom stereocenters. The number of Topliss-reactive ketones (excluding diaryl/α,β-unsaturated/α-hetero) is 1. The van der Waals surface area contributed by atoms with Crippen molar-refractivity contribution in [2.45, 2.75) is 34.1 Å². The molecule has 0 spiro atoms. The van der Waals surface area contributed by atoms with Crippen molar-refractivity contribution in [2.24, 2.45) is 5.92 Å². The number of aromatic hydroxyl groups is 1. The lowest BCUT2D eigenvalue weighted by atomic mass is 10.1. The number of ketones is 1. The zero-order valence-corrected chi connectivity index (χ0v) is 17.0. The summed E-state index contributed by atoms with van der Waals surface area (Å²) in [5.74, 6) is 0.805. The largest absolute Gasteiger partial charge is 0.506 e. The van der Waals surface area contributed by atoms with E-state index in [1.165, 1.54) is 13.3 Å². The standard InChI is InChI=1S/C12H14N2O.C9H8O2.C2H6/c1-9-4-5-14(8-9)11-3-2-10(7-13)12(15)6-11;1-7(11)9-4-2-8(6-10)3-5-9;1-2/h2-3,6,9,15H,4-5,8H2,1H3;2-6H,1H3;1-2H3/t9-;;/m1../s1. The molecule has 1 N–H and O–H groups in total. The number of rotatable bonds is 3. The van der Waals surface area contributed by atoms with Crippen LogP contribution in [-0.4, -0.2) is 30.3 Å². The van der Waals surface area contributed by atoms with Crippen LogP contribution >= 0.6 is 0 Å². The second-order valence-corrected chi connectivity index (χ2v) is 6.45. The predicted molar refractivity (Wildman–Crippen MR) is 112 cm³/mol. The Hall–Kier alpha value is -3.13. The monoisotopic (exact) mass is 380 g/mol. The Bertz CT molecular complexity index is 823. The minimum atomic E-state index is 0.0162. The molecule has 3 rings (SSSR count). The number of anilines is 1. The fourth-order valence-electron chi connectivity index (χ4n) is 2.78. The Morgan fingerprint density at radius 2 is 1.86 bits per heavy atom. The average molecular weight is 380 g/mol. The Morgan fingerprint density at radius 1 is 1.21 bits per heavy atom. The molecule has 0 aliphatic carbocycles. The summed E-state index contributed by atoms with van der Waals surface area (Å²) in [5.41, 5.74) is 2.58. The zero-order valence-electron chi connectivity index (χ0n) is 17.0. The number of aldehydes is 1. The summed E-state index contributed by atoms with van der Waals surface area (Å²) >= 11 is 0. The minimum absolute atomic E-state index is 0.0162. The highest BCUT2D eigenvalue weighted by Gasteiger charge is 2.19. The van der Waals surface area contributed by atoms with Crippen LogP contribution in [0.3, 0.4) is 0 Å². The summed E-state index contributed by atoms with van der Waals surface area (Å²) in [5, 5.41) is 18.3. The van der Waals surface area contributed by atoms with Crippen molar-refractivity contribution < 1.29 is 14.7 Å². The second kappa shape index (κ2) is 11.6. The van der Waals surface area contributed by atoms with Crippen LogP contribution in [-0.2, 0) is 0 Å². The lowest BCUT2D eigenvalue weighted by Gasteiger charge is -2.18. The Balaban J connectivity index is 0.000000268. The molecule has 0 amide bonds. The third-order valence-corrected chi connectivity index (χ3v) is 4.34. The van der Waals surface area contributed by atoms with Crippen molar-refractivity contribution in [1.29, 1.82) is 5.26 Å². The van der Waals surface area contributed by atoms with Gasteiger partial charge in [-0.15, -0.1) is 0 Å². The van der Waals surface area contributed by atoms with Crippen molar-refractivity contribution in [1.82, 2.24) is 0 Å². The number of carbonyl (C=O) groups excluding carboxylic acids is 2. The summed E-state index contributed by atoms with van der Waals surface area (Å²) in [4.78, 5) is 23.2. The van der Waals surface area contributed by atoms with Crippen molar-refractivity contribution >= 4 is 17.8 Å². The highest BCUT2D eigenvalue weighted by Crippen LogP contribution is 2.28. The van der Waals surface area contributed by atoms with Gasteiger partial charge in [0.2, 0.25) is 0 Å². The predicted octanol–water partition coefficient (Wildman–Crippen LogP) is 4.84. The van der Waals surface area contributed by atoms with E-state index in [0.29, 0.717) is 22.6 Å². The summed E-state index contributed by atoms with van der Waals surface area (Å²) in [7, 11) is 0. The molecule has 1 saturated heterocycles. The van der Waals surface area contributed by atoms with Crippen LogP contribution in [0, 0.1) is 17.2 Å². The molecule has 5 nitrogen and oxygen atoms in total. The highest BCUT2D eigenvalue weighted by atomic mass is 16.3. The maximum absolute atomic E-state index is 10.8. The molecule has 0 aromatic heterocycles. The minimum Gasteiger partial charge on any atom is -0.506 e. The molecule has 1 aliphatic rings. The van der Waals surface area contributed by atoms with Crippen molar-refractivity contribution in [3.63, 3.8) is 0 Å². The topological polar surface area (TPSA) is 81.4 Å². The van der Waals surface area contributed by atoms with Crippen LogP contribution in [0.4, 0.5) is 5.69 Å². The van der Waals surface area contributed by atoms with Crippen molar-refractivity contribution in [3.05, 3.63) is 59.2 Å². The number of hydrogen-bond acceptors (Lipinski definition) is 5. The maximum atomic E-state index is 10.8. The van der Waals surface area contributed by atoms with E-state index in [2.05, 4.69) is 11.8 Å². The third kappa shape index (κ3) is 6.55. The number of nitriles is 1. The van der Waals surface area contributed by atoms with E-state index in [1.807, 2.05) is 26.0 Å².